The lowest BCUT2D eigenvalue weighted by atomic mass is 10.1. The average Bonchev–Trinajstić information content (AvgIpc) is 3.22. The van der Waals surface area contributed by atoms with E-state index in [0.717, 1.165) is 17.9 Å². The first-order valence-corrected chi connectivity index (χ1v) is 11.4. The molecular weight excluding hydrogens is 404 g/mol. The smallest absolute Gasteiger partial charge is 0.309 e. The van der Waals surface area contributed by atoms with Gasteiger partial charge in [-0.3, -0.25) is 4.79 Å². The second-order valence-corrected chi connectivity index (χ2v) is 8.61. The van der Waals surface area contributed by atoms with Crippen molar-refractivity contribution < 1.29 is 20.1 Å². The average molecular weight is 429 g/mol. The van der Waals surface area contributed by atoms with Crippen LogP contribution in [0.4, 0.5) is 5.82 Å². The van der Waals surface area contributed by atoms with Crippen LogP contribution in [0.1, 0.15) is 25.8 Å². The minimum atomic E-state index is -1.36. The van der Waals surface area contributed by atoms with Gasteiger partial charge in [0.2, 0.25) is 0 Å². The van der Waals surface area contributed by atoms with Gasteiger partial charge in [-0.1, -0.05) is 23.9 Å². The number of aliphatic hydroxyl groups is 2. The van der Waals surface area contributed by atoms with Gasteiger partial charge in [0.05, 0.1) is 18.1 Å². The van der Waals surface area contributed by atoms with Crippen LogP contribution in [-0.4, -0.2) is 82.8 Å². The normalized spacial score (nSPS) is 24.7. The lowest BCUT2D eigenvalue weighted by Gasteiger charge is -2.16. The number of aliphatic hydroxyl groups excluding tert-OH is 2. The SMILES string of the molecule is CCCSc1nc(NCCSC)c2nnn(C3C[C@H](C(=O)O)C(O)C3O)c2n1. The van der Waals surface area contributed by atoms with E-state index in [4.69, 9.17) is 0 Å². The Morgan fingerprint density at radius 3 is 2.71 bits per heavy atom. The molecule has 10 nitrogen and oxygen atoms in total. The summed E-state index contributed by atoms with van der Waals surface area (Å²) in [6.45, 7) is 2.77. The van der Waals surface area contributed by atoms with Crippen LogP contribution in [0.3, 0.4) is 0 Å². The number of hydrogen-bond acceptors (Lipinski definition) is 10. The van der Waals surface area contributed by atoms with Gasteiger partial charge < -0.3 is 20.6 Å². The Kier molecular flexibility index (Phi) is 6.96. The fraction of sp³-hybridized carbons (Fsp3) is 0.688. The number of carbonyl (C=O) groups is 1. The predicted octanol–water partition coefficient (Wildman–Crippen LogP) is 0.866. The first-order valence-electron chi connectivity index (χ1n) is 9.05. The predicted molar refractivity (Wildman–Crippen MR) is 108 cm³/mol. The van der Waals surface area contributed by atoms with Gasteiger partial charge in [0, 0.05) is 18.1 Å². The fourth-order valence-electron chi connectivity index (χ4n) is 3.18. The second kappa shape index (κ2) is 9.25. The third kappa shape index (κ3) is 4.19. The molecule has 3 rings (SSSR count). The molecular formula is C16H24N6O4S2. The van der Waals surface area contributed by atoms with Gasteiger partial charge in [-0.25, -0.2) is 14.6 Å². The van der Waals surface area contributed by atoms with Crippen molar-refractivity contribution in [3.05, 3.63) is 0 Å². The maximum Gasteiger partial charge on any atom is 0.309 e. The number of hydrogen-bond donors (Lipinski definition) is 4. The molecule has 2 aromatic rings. The van der Waals surface area contributed by atoms with Crippen LogP contribution in [0.5, 0.6) is 0 Å². The van der Waals surface area contributed by atoms with Crippen molar-refractivity contribution in [2.75, 3.05) is 29.6 Å². The van der Waals surface area contributed by atoms with E-state index in [0.29, 0.717) is 28.7 Å². The topological polar surface area (TPSA) is 146 Å². The monoisotopic (exact) mass is 428 g/mol. The van der Waals surface area contributed by atoms with Crippen molar-refractivity contribution >= 4 is 46.5 Å². The molecule has 1 fully saturated rings. The van der Waals surface area contributed by atoms with Crippen LogP contribution in [0.15, 0.2) is 5.16 Å². The number of aromatic nitrogens is 5. The zero-order valence-corrected chi connectivity index (χ0v) is 17.3. The molecule has 1 aliphatic rings. The van der Waals surface area contributed by atoms with Gasteiger partial charge in [-0.05, 0) is 19.1 Å². The first-order chi connectivity index (χ1) is 13.5. The molecule has 4 N–H and O–H groups in total. The number of anilines is 1. The number of rotatable bonds is 9. The molecule has 2 heterocycles. The number of fused-ring (bicyclic) bond motifs is 1. The summed E-state index contributed by atoms with van der Waals surface area (Å²) in [7, 11) is 0. The maximum atomic E-state index is 11.4. The molecule has 2 aromatic heterocycles. The second-order valence-electron chi connectivity index (χ2n) is 6.56. The number of thioether (sulfide) groups is 2. The van der Waals surface area contributed by atoms with Crippen molar-refractivity contribution in [1.82, 2.24) is 25.0 Å². The first kappa shape index (κ1) is 21.1. The molecule has 0 aromatic carbocycles. The number of nitrogens with zero attached hydrogens (tertiary/aromatic N) is 5. The molecule has 12 heteroatoms. The molecule has 0 aliphatic heterocycles. The van der Waals surface area contributed by atoms with Crippen LogP contribution in [0, 0.1) is 5.92 Å². The van der Waals surface area contributed by atoms with Gasteiger partial charge in [0.1, 0.15) is 6.10 Å². The number of carboxylic acids is 1. The van der Waals surface area contributed by atoms with Crippen molar-refractivity contribution in [1.29, 1.82) is 0 Å². The van der Waals surface area contributed by atoms with E-state index in [1.165, 1.54) is 16.4 Å². The molecule has 4 atom stereocenters. The molecule has 0 bridgehead atoms. The zero-order chi connectivity index (χ0) is 20.3. The summed E-state index contributed by atoms with van der Waals surface area (Å²) < 4.78 is 1.42. The van der Waals surface area contributed by atoms with Gasteiger partial charge in [-0.15, -0.1) is 5.10 Å². The standard InChI is InChI=1S/C16H24N6O4S2/c1-3-5-28-16-18-13(17-4-6-27-2)10-14(19-16)22(21-20-10)9-7-8(15(25)26)11(23)12(9)24/h8-9,11-12,23-24H,3-7H2,1-2H3,(H,25,26)(H,17,18,19)/t8-,9?,11?,12?/m0/s1. The minimum absolute atomic E-state index is 0.0484. The van der Waals surface area contributed by atoms with E-state index in [9.17, 15) is 20.1 Å². The maximum absolute atomic E-state index is 11.4. The Balaban J connectivity index is 1.99. The summed E-state index contributed by atoms with van der Waals surface area (Å²) in [6, 6.07) is -0.723. The highest BCUT2D eigenvalue weighted by Crippen LogP contribution is 2.37. The summed E-state index contributed by atoms with van der Waals surface area (Å²) in [4.78, 5) is 20.4. The van der Waals surface area contributed by atoms with E-state index in [2.05, 4.69) is 32.5 Å². The third-order valence-electron chi connectivity index (χ3n) is 4.62. The summed E-state index contributed by atoms with van der Waals surface area (Å²) in [5.74, 6) is 0.0984. The molecule has 3 unspecified atom stereocenters. The summed E-state index contributed by atoms with van der Waals surface area (Å²) in [5, 5.41) is 41.9. The van der Waals surface area contributed by atoms with E-state index in [1.807, 2.05) is 6.26 Å². The van der Waals surface area contributed by atoms with Crippen LogP contribution in [-0.2, 0) is 4.79 Å². The van der Waals surface area contributed by atoms with Crippen LogP contribution < -0.4 is 5.32 Å². The molecule has 1 saturated carbocycles. The van der Waals surface area contributed by atoms with E-state index >= 15 is 0 Å². The molecule has 0 saturated heterocycles. The Bertz CT molecular complexity index is 835. The summed E-state index contributed by atoms with van der Waals surface area (Å²) in [6.07, 6.45) is 0.401. The number of aliphatic carboxylic acids is 1. The number of nitrogens with one attached hydrogen (secondary N) is 1. The zero-order valence-electron chi connectivity index (χ0n) is 15.6. The van der Waals surface area contributed by atoms with Gasteiger partial charge in [0.25, 0.3) is 0 Å². The molecule has 28 heavy (non-hydrogen) atoms. The minimum Gasteiger partial charge on any atom is -0.481 e. The van der Waals surface area contributed by atoms with Crippen molar-refractivity contribution in [2.24, 2.45) is 5.92 Å². The van der Waals surface area contributed by atoms with E-state index in [1.54, 1.807) is 11.8 Å². The Morgan fingerprint density at radius 2 is 2.07 bits per heavy atom. The fourth-order valence-corrected chi connectivity index (χ4v) is 4.18. The Morgan fingerprint density at radius 1 is 1.29 bits per heavy atom. The molecule has 0 radical (unpaired) electrons. The van der Waals surface area contributed by atoms with Gasteiger partial charge >= 0.3 is 5.97 Å². The molecule has 1 aliphatic carbocycles. The van der Waals surface area contributed by atoms with Gasteiger partial charge in [-0.2, -0.15) is 11.8 Å². The molecule has 154 valence electrons. The number of carboxylic acid groups (broad SMARTS) is 1. The van der Waals surface area contributed by atoms with Crippen LogP contribution in [0.2, 0.25) is 0 Å². The molecule has 0 spiro atoms. The summed E-state index contributed by atoms with van der Waals surface area (Å²) in [5.41, 5.74) is 0.880. The lowest BCUT2D eigenvalue weighted by Crippen LogP contribution is -2.32. The Labute approximate surface area is 170 Å². The largest absolute Gasteiger partial charge is 0.481 e. The highest BCUT2D eigenvalue weighted by Gasteiger charge is 2.47. The van der Waals surface area contributed by atoms with Crippen molar-refractivity contribution in [2.45, 2.75) is 43.2 Å². The highest BCUT2D eigenvalue weighted by molar-refractivity contribution is 7.99. The Hall–Kier alpha value is -1.63. The van der Waals surface area contributed by atoms with Gasteiger partial charge in [0.15, 0.2) is 22.1 Å². The van der Waals surface area contributed by atoms with Crippen LogP contribution in [0.25, 0.3) is 11.2 Å². The van der Waals surface area contributed by atoms with E-state index in [-0.39, 0.29) is 6.42 Å². The van der Waals surface area contributed by atoms with Crippen molar-refractivity contribution in [3.63, 3.8) is 0 Å². The lowest BCUT2D eigenvalue weighted by molar-refractivity contribution is -0.145. The van der Waals surface area contributed by atoms with Crippen molar-refractivity contribution in [3.8, 4) is 0 Å². The summed E-state index contributed by atoms with van der Waals surface area (Å²) >= 11 is 3.21. The molecule has 0 amide bonds. The third-order valence-corrected chi connectivity index (χ3v) is 6.29. The quantitative estimate of drug-likeness (QED) is 0.256. The van der Waals surface area contributed by atoms with E-state index < -0.39 is 30.1 Å². The van der Waals surface area contributed by atoms with Crippen LogP contribution >= 0.6 is 23.5 Å². The highest BCUT2D eigenvalue weighted by atomic mass is 32.2.